The first-order chi connectivity index (χ1) is 14.6. The Morgan fingerprint density at radius 3 is 2.43 bits per heavy atom. The normalized spacial score (nSPS) is 13.8. The smallest absolute Gasteiger partial charge is 0.140 e. The molecule has 4 heteroatoms. The van der Waals surface area contributed by atoms with Crippen LogP contribution in [0.5, 0.6) is 0 Å². The lowest BCUT2D eigenvalue weighted by molar-refractivity contribution is 1.24. The Labute approximate surface area is 182 Å². The summed E-state index contributed by atoms with van der Waals surface area (Å²) in [5.74, 6) is 0.914. The van der Waals surface area contributed by atoms with Gasteiger partial charge in [0.15, 0.2) is 0 Å². The Morgan fingerprint density at radius 1 is 0.900 bits per heavy atom. The molecule has 0 radical (unpaired) electrons. The molecule has 0 saturated heterocycles. The summed E-state index contributed by atoms with van der Waals surface area (Å²) in [6, 6.07) is 13.3. The third-order valence-electron chi connectivity index (χ3n) is 6.06. The van der Waals surface area contributed by atoms with Crippen LogP contribution in [-0.4, -0.2) is 15.0 Å². The second-order valence-electron chi connectivity index (χ2n) is 8.13. The number of halogens is 1. The Bertz CT molecular complexity index is 1470. The molecular weight excluding hydrogens is 434 g/mol. The van der Waals surface area contributed by atoms with Gasteiger partial charge in [-0.1, -0.05) is 69.5 Å². The van der Waals surface area contributed by atoms with Crippen molar-refractivity contribution in [3.63, 3.8) is 0 Å². The van der Waals surface area contributed by atoms with E-state index in [1.54, 1.807) is 0 Å². The molecule has 1 aliphatic rings. The van der Waals surface area contributed by atoms with Crippen LogP contribution in [-0.2, 0) is 6.42 Å². The number of H-pyrrole nitrogens is 2. The number of fused-ring (bicyclic) bond motifs is 7. The van der Waals surface area contributed by atoms with Crippen LogP contribution in [0.4, 0.5) is 0 Å². The van der Waals surface area contributed by atoms with Gasteiger partial charge in [0.05, 0.1) is 11.0 Å². The Hall–Kier alpha value is -3.11. The van der Waals surface area contributed by atoms with Crippen molar-refractivity contribution < 1.29 is 0 Å². The second-order valence-corrected chi connectivity index (χ2v) is 9.04. The molecule has 0 unspecified atom stereocenters. The monoisotopic (exact) mass is 453 g/mol. The highest BCUT2D eigenvalue weighted by Gasteiger charge is 2.18. The van der Waals surface area contributed by atoms with Crippen LogP contribution in [0.1, 0.15) is 22.4 Å². The van der Waals surface area contributed by atoms with E-state index in [-0.39, 0.29) is 0 Å². The fraction of sp³-hybridized carbons (Fsp3) is 0.115. The molecule has 6 rings (SSSR count). The molecule has 0 aliphatic heterocycles. The van der Waals surface area contributed by atoms with Crippen molar-refractivity contribution in [2.75, 3.05) is 0 Å². The first kappa shape index (κ1) is 17.7. The SMILES string of the molecule is Cc1ccc2c(c1)c1cc(C)ccc1c1[nH]c(-c3c[nH]c4c3CC=C(Br)C=C4)nc21. The van der Waals surface area contributed by atoms with Gasteiger partial charge < -0.3 is 9.97 Å². The average Bonchev–Trinajstić information content (AvgIpc) is 3.30. The zero-order chi connectivity index (χ0) is 20.4. The standard InChI is InChI=1S/C26H20BrN3/c1-14-3-7-18-20(11-14)21-12-15(2)4-8-19(21)25-24(18)29-26(30-25)22-13-28-23-10-6-16(27)5-9-17(22)23/h3-8,10-13,28H,9H2,1-2H3,(H,29,30). The third kappa shape index (κ3) is 2.60. The lowest BCUT2D eigenvalue weighted by Gasteiger charge is -2.08. The largest absolute Gasteiger partial charge is 0.361 e. The highest BCUT2D eigenvalue weighted by atomic mass is 79.9. The lowest BCUT2D eigenvalue weighted by Crippen LogP contribution is -1.87. The van der Waals surface area contributed by atoms with Crippen molar-refractivity contribution in [2.24, 2.45) is 0 Å². The molecule has 0 fully saturated rings. The highest BCUT2D eigenvalue weighted by molar-refractivity contribution is 9.11. The number of hydrogen-bond acceptors (Lipinski definition) is 1. The molecule has 30 heavy (non-hydrogen) atoms. The molecule has 3 aromatic carbocycles. The van der Waals surface area contributed by atoms with E-state index < -0.39 is 0 Å². The van der Waals surface area contributed by atoms with Crippen LogP contribution < -0.4 is 0 Å². The van der Waals surface area contributed by atoms with E-state index in [2.05, 4.69) is 101 Å². The maximum Gasteiger partial charge on any atom is 0.140 e. The first-order valence-electron chi connectivity index (χ1n) is 10.2. The van der Waals surface area contributed by atoms with Gasteiger partial charge >= 0.3 is 0 Å². The Morgan fingerprint density at radius 2 is 1.63 bits per heavy atom. The zero-order valence-electron chi connectivity index (χ0n) is 16.8. The number of hydrogen-bond donors (Lipinski definition) is 2. The van der Waals surface area contributed by atoms with Crippen molar-refractivity contribution in [3.8, 4) is 11.4 Å². The van der Waals surface area contributed by atoms with E-state index in [9.17, 15) is 0 Å². The molecule has 2 aromatic heterocycles. The molecule has 0 bridgehead atoms. The molecule has 0 saturated carbocycles. The number of imidazole rings is 1. The average molecular weight is 454 g/mol. The quantitative estimate of drug-likeness (QED) is 0.256. The molecule has 1 aliphatic carbocycles. The van der Waals surface area contributed by atoms with Gasteiger partial charge in [-0.05, 0) is 48.8 Å². The summed E-state index contributed by atoms with van der Waals surface area (Å²) in [6.07, 6.45) is 9.32. The number of benzene rings is 3. The fourth-order valence-corrected chi connectivity index (χ4v) is 4.85. The topological polar surface area (TPSA) is 44.5 Å². The van der Waals surface area contributed by atoms with E-state index in [0.717, 1.165) is 39.0 Å². The van der Waals surface area contributed by atoms with Gasteiger partial charge in [0.2, 0.25) is 0 Å². The minimum atomic E-state index is 0.860. The maximum absolute atomic E-state index is 5.11. The summed E-state index contributed by atoms with van der Waals surface area (Å²) in [4.78, 5) is 12.2. The molecule has 0 amide bonds. The van der Waals surface area contributed by atoms with Crippen molar-refractivity contribution >= 4 is 54.6 Å². The molecule has 2 N–H and O–H groups in total. The van der Waals surface area contributed by atoms with Gasteiger partial charge in [-0.3, -0.25) is 0 Å². The number of rotatable bonds is 1. The lowest BCUT2D eigenvalue weighted by atomic mass is 9.97. The number of aromatic amines is 2. The number of allylic oxidation sites excluding steroid dienone is 3. The van der Waals surface area contributed by atoms with E-state index in [0.29, 0.717) is 0 Å². The number of nitrogens with one attached hydrogen (secondary N) is 2. The van der Waals surface area contributed by atoms with E-state index >= 15 is 0 Å². The number of aryl methyl sites for hydroxylation is 2. The summed E-state index contributed by atoms with van der Waals surface area (Å²) in [5, 5.41) is 4.96. The van der Waals surface area contributed by atoms with Gasteiger partial charge in [-0.15, -0.1) is 0 Å². The predicted molar refractivity (Wildman–Crippen MR) is 130 cm³/mol. The van der Waals surface area contributed by atoms with Gasteiger partial charge in [0, 0.05) is 32.7 Å². The summed E-state index contributed by atoms with van der Waals surface area (Å²) in [6.45, 7) is 4.30. The molecule has 0 atom stereocenters. The number of aromatic nitrogens is 3. The van der Waals surface area contributed by atoms with Crippen molar-refractivity contribution in [2.45, 2.75) is 20.3 Å². The molecule has 5 aromatic rings. The Kier molecular flexibility index (Phi) is 3.81. The van der Waals surface area contributed by atoms with Gasteiger partial charge in [-0.25, -0.2) is 4.98 Å². The van der Waals surface area contributed by atoms with E-state index in [4.69, 9.17) is 4.98 Å². The second kappa shape index (κ2) is 6.44. The predicted octanol–water partition coefficient (Wildman–Crippen LogP) is 7.33. The first-order valence-corrected chi connectivity index (χ1v) is 10.9. The van der Waals surface area contributed by atoms with Gasteiger partial charge in [0.1, 0.15) is 5.82 Å². The highest BCUT2D eigenvalue weighted by Crippen LogP contribution is 2.37. The summed E-state index contributed by atoms with van der Waals surface area (Å²) in [7, 11) is 0. The van der Waals surface area contributed by atoms with Crippen LogP contribution in [0.3, 0.4) is 0 Å². The minimum Gasteiger partial charge on any atom is -0.361 e. The maximum atomic E-state index is 5.11. The fourth-order valence-electron chi connectivity index (χ4n) is 4.56. The van der Waals surface area contributed by atoms with Gasteiger partial charge in [0.25, 0.3) is 0 Å². The summed E-state index contributed by atoms with van der Waals surface area (Å²) < 4.78 is 1.10. The minimum absolute atomic E-state index is 0.860. The van der Waals surface area contributed by atoms with Crippen LogP contribution in [0.15, 0.2) is 59.2 Å². The third-order valence-corrected chi connectivity index (χ3v) is 6.64. The van der Waals surface area contributed by atoms with Crippen LogP contribution >= 0.6 is 15.9 Å². The van der Waals surface area contributed by atoms with Crippen LogP contribution in [0, 0.1) is 13.8 Å². The van der Waals surface area contributed by atoms with Crippen LogP contribution in [0.25, 0.3) is 50.0 Å². The Balaban J connectivity index is 1.69. The molecule has 3 nitrogen and oxygen atoms in total. The molecular formula is C26H20BrN3. The van der Waals surface area contributed by atoms with Gasteiger partial charge in [-0.2, -0.15) is 0 Å². The zero-order valence-corrected chi connectivity index (χ0v) is 18.4. The van der Waals surface area contributed by atoms with Crippen molar-refractivity contribution in [1.82, 2.24) is 15.0 Å². The van der Waals surface area contributed by atoms with Crippen molar-refractivity contribution in [3.05, 3.63) is 81.6 Å². The molecule has 2 heterocycles. The molecule has 146 valence electrons. The van der Waals surface area contributed by atoms with Crippen molar-refractivity contribution in [1.29, 1.82) is 0 Å². The van der Waals surface area contributed by atoms with E-state index in [1.807, 2.05) is 0 Å². The summed E-state index contributed by atoms with van der Waals surface area (Å²) >= 11 is 3.59. The number of nitrogens with zero attached hydrogens (tertiary/aromatic N) is 1. The van der Waals surface area contributed by atoms with E-state index in [1.165, 1.54) is 38.2 Å². The van der Waals surface area contributed by atoms with Crippen LogP contribution in [0.2, 0.25) is 0 Å². The summed E-state index contributed by atoms with van der Waals surface area (Å²) in [5.41, 5.74) is 8.20. The molecule has 0 spiro atoms.